The fourth-order valence-corrected chi connectivity index (χ4v) is 1.67. The highest BCUT2D eigenvalue weighted by Crippen LogP contribution is 2.18. The number of hydrogen-bond acceptors (Lipinski definition) is 3. The number of aromatic nitrogens is 2. The SMILES string of the molecule is OCc1cnn(Cc2cccc(O)c2)c1Cl. The molecular weight excluding hydrogens is 228 g/mol. The van der Waals surface area contributed by atoms with Gasteiger partial charge in [0.05, 0.1) is 19.3 Å². The van der Waals surface area contributed by atoms with E-state index in [1.54, 1.807) is 22.9 Å². The van der Waals surface area contributed by atoms with Crippen LogP contribution in [0.5, 0.6) is 5.75 Å². The summed E-state index contributed by atoms with van der Waals surface area (Å²) in [7, 11) is 0. The molecule has 1 aromatic heterocycles. The Hall–Kier alpha value is -1.52. The Bertz CT molecular complexity index is 496. The first-order valence-electron chi connectivity index (χ1n) is 4.79. The van der Waals surface area contributed by atoms with Gasteiger partial charge in [-0.15, -0.1) is 0 Å². The van der Waals surface area contributed by atoms with Gasteiger partial charge in [-0.25, -0.2) is 4.68 Å². The topological polar surface area (TPSA) is 58.3 Å². The molecule has 1 aromatic carbocycles. The smallest absolute Gasteiger partial charge is 0.132 e. The molecule has 2 N–H and O–H groups in total. The third-order valence-electron chi connectivity index (χ3n) is 2.26. The Morgan fingerprint density at radius 3 is 2.81 bits per heavy atom. The normalized spacial score (nSPS) is 10.6. The summed E-state index contributed by atoms with van der Waals surface area (Å²) in [6.45, 7) is 0.339. The van der Waals surface area contributed by atoms with Crippen molar-refractivity contribution in [1.29, 1.82) is 0 Å². The Kier molecular flexibility index (Phi) is 3.12. The lowest BCUT2D eigenvalue weighted by Crippen LogP contribution is -2.01. The van der Waals surface area contributed by atoms with Crippen LogP contribution >= 0.6 is 11.6 Å². The van der Waals surface area contributed by atoms with Crippen molar-refractivity contribution in [3.05, 3.63) is 46.7 Å². The standard InChI is InChI=1S/C11H11ClN2O2/c12-11-9(7-15)5-13-14(11)6-8-2-1-3-10(16)4-8/h1-5,15-16H,6-7H2. The minimum Gasteiger partial charge on any atom is -0.508 e. The van der Waals surface area contributed by atoms with Gasteiger partial charge in [0.2, 0.25) is 0 Å². The fourth-order valence-electron chi connectivity index (χ4n) is 1.45. The zero-order valence-electron chi connectivity index (χ0n) is 8.47. The average molecular weight is 239 g/mol. The highest BCUT2D eigenvalue weighted by molar-refractivity contribution is 6.30. The van der Waals surface area contributed by atoms with E-state index >= 15 is 0 Å². The van der Waals surface area contributed by atoms with E-state index in [0.29, 0.717) is 17.3 Å². The molecule has 2 aromatic rings. The minimum atomic E-state index is -0.126. The van der Waals surface area contributed by atoms with Gasteiger partial charge < -0.3 is 10.2 Å². The van der Waals surface area contributed by atoms with Gasteiger partial charge in [-0.3, -0.25) is 0 Å². The third-order valence-corrected chi connectivity index (χ3v) is 2.70. The quantitative estimate of drug-likeness (QED) is 0.857. The molecule has 0 unspecified atom stereocenters. The molecule has 0 saturated carbocycles. The molecule has 0 bridgehead atoms. The van der Waals surface area contributed by atoms with Crippen LogP contribution in [0.25, 0.3) is 0 Å². The first-order chi connectivity index (χ1) is 7.70. The summed E-state index contributed by atoms with van der Waals surface area (Å²) in [5.74, 6) is 0.211. The number of aliphatic hydroxyl groups excluding tert-OH is 1. The molecule has 0 radical (unpaired) electrons. The summed E-state index contributed by atoms with van der Waals surface area (Å²) in [6.07, 6.45) is 1.53. The van der Waals surface area contributed by atoms with Gasteiger partial charge in [-0.2, -0.15) is 5.10 Å². The number of phenolic OH excluding ortho intramolecular Hbond substituents is 1. The average Bonchev–Trinajstić information content (AvgIpc) is 2.60. The van der Waals surface area contributed by atoms with Crippen LogP contribution in [-0.4, -0.2) is 20.0 Å². The second kappa shape index (κ2) is 4.55. The molecule has 5 heteroatoms. The Morgan fingerprint density at radius 1 is 1.38 bits per heavy atom. The van der Waals surface area contributed by atoms with E-state index in [2.05, 4.69) is 5.10 Å². The van der Waals surface area contributed by atoms with Crippen molar-refractivity contribution in [1.82, 2.24) is 9.78 Å². The van der Waals surface area contributed by atoms with Crippen LogP contribution < -0.4 is 0 Å². The predicted octanol–water partition coefficient (Wildman–Crippen LogP) is 1.78. The maximum Gasteiger partial charge on any atom is 0.132 e. The van der Waals surface area contributed by atoms with Crippen LogP contribution in [0.4, 0.5) is 0 Å². The van der Waals surface area contributed by atoms with Crippen LogP contribution in [0.1, 0.15) is 11.1 Å². The molecule has 1 heterocycles. The second-order valence-corrected chi connectivity index (χ2v) is 3.80. The van der Waals surface area contributed by atoms with Gasteiger partial charge >= 0.3 is 0 Å². The van der Waals surface area contributed by atoms with Gasteiger partial charge in [0, 0.05) is 5.56 Å². The zero-order chi connectivity index (χ0) is 11.5. The minimum absolute atomic E-state index is 0.126. The monoisotopic (exact) mass is 238 g/mol. The Morgan fingerprint density at radius 2 is 2.19 bits per heavy atom. The number of benzene rings is 1. The van der Waals surface area contributed by atoms with Crippen LogP contribution in [0.15, 0.2) is 30.5 Å². The molecule has 0 fully saturated rings. The highest BCUT2D eigenvalue weighted by atomic mass is 35.5. The van der Waals surface area contributed by atoms with Gasteiger partial charge in [0.25, 0.3) is 0 Å². The molecule has 0 amide bonds. The first-order valence-corrected chi connectivity index (χ1v) is 5.17. The summed E-state index contributed by atoms with van der Waals surface area (Å²) < 4.78 is 1.57. The second-order valence-electron chi connectivity index (χ2n) is 3.45. The third kappa shape index (κ3) is 2.18. The zero-order valence-corrected chi connectivity index (χ0v) is 9.22. The van der Waals surface area contributed by atoms with Crippen LogP contribution in [-0.2, 0) is 13.2 Å². The largest absolute Gasteiger partial charge is 0.508 e. The van der Waals surface area contributed by atoms with Crippen molar-refractivity contribution in [3.8, 4) is 5.75 Å². The molecule has 0 atom stereocenters. The van der Waals surface area contributed by atoms with Gasteiger partial charge in [0.1, 0.15) is 10.9 Å². The summed E-state index contributed by atoms with van der Waals surface area (Å²) in [4.78, 5) is 0. The van der Waals surface area contributed by atoms with Crippen molar-refractivity contribution in [2.45, 2.75) is 13.2 Å². The lowest BCUT2D eigenvalue weighted by Gasteiger charge is -2.04. The summed E-state index contributed by atoms with van der Waals surface area (Å²) in [5, 5.41) is 22.7. The number of rotatable bonds is 3. The molecule has 0 aliphatic rings. The maximum atomic E-state index is 9.31. The number of aromatic hydroxyl groups is 1. The lowest BCUT2D eigenvalue weighted by molar-refractivity contribution is 0.282. The van der Waals surface area contributed by atoms with E-state index in [1.807, 2.05) is 6.07 Å². The number of hydrogen-bond donors (Lipinski definition) is 2. The maximum absolute atomic E-state index is 9.31. The van der Waals surface area contributed by atoms with E-state index in [4.69, 9.17) is 16.7 Å². The predicted molar refractivity (Wildman–Crippen MR) is 60.4 cm³/mol. The number of halogens is 1. The van der Waals surface area contributed by atoms with Crippen LogP contribution in [0.2, 0.25) is 5.15 Å². The van der Waals surface area contributed by atoms with Crippen molar-refractivity contribution >= 4 is 11.6 Å². The Labute approximate surface area is 97.7 Å². The summed E-state index contributed by atoms with van der Waals surface area (Å²) >= 11 is 5.99. The van der Waals surface area contributed by atoms with Crippen LogP contribution in [0, 0.1) is 0 Å². The van der Waals surface area contributed by atoms with E-state index in [0.717, 1.165) is 5.56 Å². The molecule has 0 aliphatic carbocycles. The van der Waals surface area contributed by atoms with Crippen molar-refractivity contribution in [2.24, 2.45) is 0 Å². The summed E-state index contributed by atoms with van der Waals surface area (Å²) in [5.41, 5.74) is 1.50. The van der Waals surface area contributed by atoms with E-state index < -0.39 is 0 Å². The highest BCUT2D eigenvalue weighted by Gasteiger charge is 2.07. The van der Waals surface area contributed by atoms with Crippen molar-refractivity contribution < 1.29 is 10.2 Å². The van der Waals surface area contributed by atoms with Crippen LogP contribution in [0.3, 0.4) is 0 Å². The first kappa shape index (κ1) is 11.0. The van der Waals surface area contributed by atoms with Gasteiger partial charge in [-0.05, 0) is 17.7 Å². The molecule has 0 spiro atoms. The van der Waals surface area contributed by atoms with E-state index in [1.165, 1.54) is 6.20 Å². The number of aliphatic hydroxyl groups is 1. The number of phenols is 1. The number of nitrogens with zero attached hydrogens (tertiary/aromatic N) is 2. The lowest BCUT2D eigenvalue weighted by atomic mass is 10.2. The van der Waals surface area contributed by atoms with E-state index in [-0.39, 0.29) is 12.4 Å². The van der Waals surface area contributed by atoms with Gasteiger partial charge in [-0.1, -0.05) is 23.7 Å². The van der Waals surface area contributed by atoms with Crippen molar-refractivity contribution in [3.63, 3.8) is 0 Å². The molecule has 16 heavy (non-hydrogen) atoms. The molecule has 2 rings (SSSR count). The molecule has 84 valence electrons. The Balaban J connectivity index is 2.24. The fraction of sp³-hybridized carbons (Fsp3) is 0.182. The summed E-state index contributed by atoms with van der Waals surface area (Å²) in [6, 6.07) is 6.88. The van der Waals surface area contributed by atoms with Gasteiger partial charge in [0.15, 0.2) is 0 Å². The van der Waals surface area contributed by atoms with E-state index in [9.17, 15) is 5.11 Å². The molecular formula is C11H11ClN2O2. The molecule has 0 saturated heterocycles. The molecule has 4 nitrogen and oxygen atoms in total. The molecule has 0 aliphatic heterocycles. The van der Waals surface area contributed by atoms with Crippen molar-refractivity contribution in [2.75, 3.05) is 0 Å².